The number of tetrazole rings is 2. The Hall–Kier alpha value is -1.86. The molecular formula is C10H18N8. The monoisotopic (exact) mass is 250 g/mol. The van der Waals surface area contributed by atoms with Crippen LogP contribution in [0.15, 0.2) is 0 Å². The van der Waals surface area contributed by atoms with Gasteiger partial charge in [-0.3, -0.25) is 0 Å². The number of hydrogen-bond acceptors (Lipinski definition) is 6. The first kappa shape index (κ1) is 12.6. The second-order valence-corrected chi connectivity index (χ2v) is 4.28. The van der Waals surface area contributed by atoms with Crippen molar-refractivity contribution in [3.8, 4) is 0 Å². The third-order valence-electron chi connectivity index (χ3n) is 3.28. The lowest BCUT2D eigenvalue weighted by molar-refractivity contribution is 0.481. The SMILES string of the molecule is CCn1nnnc1C(C)C(C)c1nnnn1CC. The molecule has 2 heterocycles. The minimum absolute atomic E-state index is 0.163. The molecule has 0 amide bonds. The fourth-order valence-corrected chi connectivity index (χ4v) is 1.97. The summed E-state index contributed by atoms with van der Waals surface area (Å²) in [6.07, 6.45) is 0. The number of aromatic nitrogens is 8. The highest BCUT2D eigenvalue weighted by Gasteiger charge is 2.25. The van der Waals surface area contributed by atoms with E-state index in [0.717, 1.165) is 24.7 Å². The van der Waals surface area contributed by atoms with E-state index in [4.69, 9.17) is 0 Å². The molecule has 0 N–H and O–H groups in total. The highest BCUT2D eigenvalue weighted by atomic mass is 15.6. The molecule has 8 nitrogen and oxygen atoms in total. The number of rotatable bonds is 5. The molecule has 2 aromatic heterocycles. The summed E-state index contributed by atoms with van der Waals surface area (Å²) < 4.78 is 3.61. The third kappa shape index (κ3) is 2.09. The van der Waals surface area contributed by atoms with Gasteiger partial charge in [0.15, 0.2) is 11.6 Å². The normalized spacial score (nSPS) is 14.7. The van der Waals surface area contributed by atoms with Crippen molar-refractivity contribution in [2.24, 2.45) is 0 Å². The Bertz CT molecular complexity index is 455. The Morgan fingerprint density at radius 1 is 0.833 bits per heavy atom. The summed E-state index contributed by atoms with van der Waals surface area (Å²) in [4.78, 5) is 0. The van der Waals surface area contributed by atoms with Gasteiger partial charge in [-0.05, 0) is 34.7 Å². The van der Waals surface area contributed by atoms with Gasteiger partial charge in [0.1, 0.15) is 0 Å². The quantitative estimate of drug-likeness (QED) is 0.772. The van der Waals surface area contributed by atoms with Crippen LogP contribution in [0.1, 0.15) is 51.2 Å². The number of hydrogen-bond donors (Lipinski definition) is 0. The molecule has 0 aliphatic carbocycles. The van der Waals surface area contributed by atoms with Crippen LogP contribution in [-0.4, -0.2) is 40.4 Å². The van der Waals surface area contributed by atoms with Gasteiger partial charge in [-0.25, -0.2) is 9.36 Å². The van der Waals surface area contributed by atoms with Crippen LogP contribution in [0.3, 0.4) is 0 Å². The van der Waals surface area contributed by atoms with Crippen molar-refractivity contribution in [2.45, 2.75) is 52.6 Å². The third-order valence-corrected chi connectivity index (χ3v) is 3.28. The maximum absolute atomic E-state index is 4.10. The topological polar surface area (TPSA) is 87.2 Å². The molecule has 2 atom stereocenters. The lowest BCUT2D eigenvalue weighted by Gasteiger charge is -2.17. The predicted octanol–water partition coefficient (Wildman–Crippen LogP) is 0.607. The van der Waals surface area contributed by atoms with Crippen molar-refractivity contribution in [1.29, 1.82) is 0 Å². The molecule has 18 heavy (non-hydrogen) atoms. The van der Waals surface area contributed by atoms with Gasteiger partial charge >= 0.3 is 0 Å². The summed E-state index contributed by atoms with van der Waals surface area (Å²) in [6, 6.07) is 0. The second-order valence-electron chi connectivity index (χ2n) is 4.28. The molecule has 0 saturated carbocycles. The summed E-state index contributed by atoms with van der Waals surface area (Å²) in [5.74, 6) is 2.07. The van der Waals surface area contributed by atoms with Gasteiger partial charge in [0.05, 0.1) is 0 Å². The zero-order valence-electron chi connectivity index (χ0n) is 11.1. The molecule has 2 aromatic rings. The standard InChI is InChI=1S/C10H18N8/c1-5-17-9(11-13-15-17)7(3)8(4)10-12-14-16-18(10)6-2/h7-8H,5-6H2,1-4H3. The molecule has 0 radical (unpaired) electrons. The largest absolute Gasteiger partial charge is 0.230 e. The summed E-state index contributed by atoms with van der Waals surface area (Å²) in [5, 5.41) is 23.6. The zero-order chi connectivity index (χ0) is 13.1. The van der Waals surface area contributed by atoms with Gasteiger partial charge < -0.3 is 0 Å². The summed E-state index contributed by atoms with van der Waals surface area (Å²) in [6.45, 7) is 9.76. The molecule has 0 bridgehead atoms. The zero-order valence-corrected chi connectivity index (χ0v) is 11.1. The van der Waals surface area contributed by atoms with Crippen molar-refractivity contribution in [2.75, 3.05) is 0 Å². The van der Waals surface area contributed by atoms with E-state index in [-0.39, 0.29) is 11.8 Å². The molecule has 2 unspecified atom stereocenters. The lowest BCUT2D eigenvalue weighted by atomic mass is 9.94. The summed E-state index contributed by atoms with van der Waals surface area (Å²) >= 11 is 0. The van der Waals surface area contributed by atoms with E-state index in [1.54, 1.807) is 9.36 Å². The smallest absolute Gasteiger partial charge is 0.154 e. The van der Waals surface area contributed by atoms with Crippen molar-refractivity contribution in [3.05, 3.63) is 11.6 Å². The summed E-state index contributed by atoms with van der Waals surface area (Å²) in [7, 11) is 0. The van der Waals surface area contributed by atoms with Gasteiger partial charge in [-0.15, -0.1) is 10.2 Å². The van der Waals surface area contributed by atoms with Crippen LogP contribution in [0.2, 0.25) is 0 Å². The van der Waals surface area contributed by atoms with E-state index >= 15 is 0 Å². The molecule has 0 aliphatic rings. The molecule has 0 aromatic carbocycles. The molecular weight excluding hydrogens is 232 g/mol. The first-order valence-corrected chi connectivity index (χ1v) is 6.21. The van der Waals surface area contributed by atoms with Gasteiger partial charge in [-0.2, -0.15) is 0 Å². The fraction of sp³-hybridized carbons (Fsp3) is 0.800. The van der Waals surface area contributed by atoms with Gasteiger partial charge in [0.2, 0.25) is 0 Å². The molecule has 2 rings (SSSR count). The lowest BCUT2D eigenvalue weighted by Crippen LogP contribution is -2.16. The average molecular weight is 250 g/mol. The minimum atomic E-state index is 0.163. The van der Waals surface area contributed by atoms with Crippen LogP contribution >= 0.6 is 0 Å². The van der Waals surface area contributed by atoms with E-state index in [2.05, 4.69) is 44.9 Å². The molecule has 0 aliphatic heterocycles. The van der Waals surface area contributed by atoms with Crippen molar-refractivity contribution in [1.82, 2.24) is 40.4 Å². The van der Waals surface area contributed by atoms with Crippen molar-refractivity contribution in [3.63, 3.8) is 0 Å². The Labute approximate surface area is 105 Å². The number of aryl methyl sites for hydroxylation is 2. The Morgan fingerprint density at radius 2 is 1.22 bits per heavy atom. The van der Waals surface area contributed by atoms with Crippen LogP contribution < -0.4 is 0 Å². The van der Waals surface area contributed by atoms with Crippen molar-refractivity contribution >= 4 is 0 Å². The van der Waals surface area contributed by atoms with Gasteiger partial charge in [0.25, 0.3) is 0 Å². The second kappa shape index (κ2) is 5.19. The van der Waals surface area contributed by atoms with Crippen LogP contribution in [0.25, 0.3) is 0 Å². The minimum Gasteiger partial charge on any atom is -0.230 e. The molecule has 0 fully saturated rings. The highest BCUT2D eigenvalue weighted by Crippen LogP contribution is 2.29. The highest BCUT2D eigenvalue weighted by molar-refractivity contribution is 5.05. The van der Waals surface area contributed by atoms with Crippen LogP contribution in [-0.2, 0) is 13.1 Å². The average Bonchev–Trinajstić information content (AvgIpc) is 3.04. The number of nitrogens with zero attached hydrogens (tertiary/aromatic N) is 8. The maximum atomic E-state index is 4.10. The Balaban J connectivity index is 2.26. The van der Waals surface area contributed by atoms with Crippen LogP contribution in [0, 0.1) is 0 Å². The molecule has 0 spiro atoms. The van der Waals surface area contributed by atoms with E-state index in [0.29, 0.717) is 0 Å². The van der Waals surface area contributed by atoms with Crippen LogP contribution in [0.5, 0.6) is 0 Å². The van der Waals surface area contributed by atoms with Gasteiger partial charge in [-0.1, -0.05) is 13.8 Å². The fourth-order valence-electron chi connectivity index (χ4n) is 1.97. The first-order valence-electron chi connectivity index (χ1n) is 6.21. The molecule has 98 valence electrons. The Morgan fingerprint density at radius 3 is 1.56 bits per heavy atom. The first-order chi connectivity index (χ1) is 8.69. The Kier molecular flexibility index (Phi) is 3.63. The van der Waals surface area contributed by atoms with E-state index in [9.17, 15) is 0 Å². The van der Waals surface area contributed by atoms with E-state index < -0.39 is 0 Å². The van der Waals surface area contributed by atoms with Crippen LogP contribution in [0.4, 0.5) is 0 Å². The predicted molar refractivity (Wildman–Crippen MR) is 63.8 cm³/mol. The molecule has 8 heteroatoms. The van der Waals surface area contributed by atoms with Crippen molar-refractivity contribution < 1.29 is 0 Å². The van der Waals surface area contributed by atoms with E-state index in [1.807, 2.05) is 13.8 Å². The summed E-state index contributed by atoms with van der Waals surface area (Å²) in [5.41, 5.74) is 0. The maximum Gasteiger partial charge on any atom is 0.154 e. The molecule has 0 saturated heterocycles. The van der Waals surface area contributed by atoms with Gasteiger partial charge in [0, 0.05) is 24.9 Å². The van der Waals surface area contributed by atoms with E-state index in [1.165, 1.54) is 0 Å².